The number of amides is 1. The van der Waals surface area contributed by atoms with Gasteiger partial charge in [-0.3, -0.25) is 14.5 Å². The van der Waals surface area contributed by atoms with E-state index in [0.717, 1.165) is 23.5 Å². The summed E-state index contributed by atoms with van der Waals surface area (Å²) in [5.74, 6) is 1.43. The van der Waals surface area contributed by atoms with E-state index in [0.29, 0.717) is 16.7 Å². The van der Waals surface area contributed by atoms with Gasteiger partial charge in [0.2, 0.25) is 5.91 Å². The summed E-state index contributed by atoms with van der Waals surface area (Å²) in [6.45, 7) is 3.95. The molecule has 2 N–H and O–H groups in total. The Labute approximate surface area is 178 Å². The molecule has 8 nitrogen and oxygen atoms in total. The van der Waals surface area contributed by atoms with Crippen LogP contribution < -0.4 is 5.32 Å². The van der Waals surface area contributed by atoms with Crippen molar-refractivity contribution in [2.45, 2.75) is 25.4 Å². The average molecular weight is 420 g/mol. The minimum Gasteiger partial charge on any atom is -0.325 e. The lowest BCUT2D eigenvalue weighted by Gasteiger charge is -2.10. The van der Waals surface area contributed by atoms with E-state index in [4.69, 9.17) is 0 Å². The quantitative estimate of drug-likeness (QED) is 0.443. The molecule has 0 saturated heterocycles. The third-order valence-corrected chi connectivity index (χ3v) is 5.43. The van der Waals surface area contributed by atoms with Crippen LogP contribution in [0.1, 0.15) is 18.3 Å². The van der Waals surface area contributed by atoms with Gasteiger partial charge in [0, 0.05) is 11.3 Å². The van der Waals surface area contributed by atoms with E-state index >= 15 is 0 Å². The Morgan fingerprint density at radius 2 is 2.07 bits per heavy atom. The highest BCUT2D eigenvalue weighted by molar-refractivity contribution is 7.99. The first kappa shape index (κ1) is 19.8. The number of nitrogens with one attached hydrogen (secondary N) is 2. The summed E-state index contributed by atoms with van der Waals surface area (Å²) < 4.78 is 1.92. The number of carbonyl (C=O) groups is 1. The lowest BCUT2D eigenvalue weighted by molar-refractivity contribution is -0.113. The molecule has 9 heteroatoms. The Kier molecular flexibility index (Phi) is 5.89. The third-order valence-electron chi connectivity index (χ3n) is 4.48. The van der Waals surface area contributed by atoms with Crippen molar-refractivity contribution in [3.8, 4) is 17.1 Å². The first-order valence-electron chi connectivity index (χ1n) is 9.54. The Morgan fingerprint density at radius 3 is 2.87 bits per heavy atom. The van der Waals surface area contributed by atoms with E-state index in [9.17, 15) is 4.79 Å². The van der Waals surface area contributed by atoms with Gasteiger partial charge in [0.25, 0.3) is 0 Å². The Bertz CT molecular complexity index is 1170. The van der Waals surface area contributed by atoms with Gasteiger partial charge in [-0.2, -0.15) is 5.10 Å². The number of hydrogen-bond acceptors (Lipinski definition) is 6. The van der Waals surface area contributed by atoms with Crippen LogP contribution in [0.5, 0.6) is 0 Å². The molecule has 0 aliphatic heterocycles. The van der Waals surface area contributed by atoms with Crippen LogP contribution in [-0.2, 0) is 11.2 Å². The molecule has 0 fully saturated rings. The molecule has 0 aliphatic rings. The van der Waals surface area contributed by atoms with E-state index in [1.54, 1.807) is 6.33 Å². The zero-order valence-corrected chi connectivity index (χ0v) is 17.5. The van der Waals surface area contributed by atoms with Crippen LogP contribution in [0.15, 0.2) is 60.0 Å². The normalized spacial score (nSPS) is 10.9. The number of aromatic amines is 1. The number of nitrogens with zero attached hydrogens (tertiary/aromatic N) is 5. The number of carbonyl (C=O) groups excluding carboxylic acids is 1. The van der Waals surface area contributed by atoms with Crippen molar-refractivity contribution in [2.24, 2.45) is 0 Å². The van der Waals surface area contributed by atoms with E-state index in [1.165, 1.54) is 17.3 Å². The first-order chi connectivity index (χ1) is 14.6. The number of rotatable bonds is 7. The Hall–Kier alpha value is -3.46. The topological polar surface area (TPSA) is 101 Å². The van der Waals surface area contributed by atoms with Crippen LogP contribution in [0.25, 0.3) is 17.1 Å². The molecular weight excluding hydrogens is 398 g/mol. The van der Waals surface area contributed by atoms with Gasteiger partial charge in [-0.25, -0.2) is 4.98 Å². The SMILES string of the molecule is CCc1ccccc1-n1cnnc1SCC(=O)Nc1cccc(-c2n[nH]c(C)n2)c1. The number of thioether (sulfide) groups is 1. The maximum Gasteiger partial charge on any atom is 0.234 e. The fourth-order valence-corrected chi connectivity index (χ4v) is 3.79. The molecule has 0 bridgehead atoms. The number of aromatic nitrogens is 6. The lowest BCUT2D eigenvalue weighted by atomic mass is 10.1. The van der Waals surface area contributed by atoms with Gasteiger partial charge >= 0.3 is 0 Å². The summed E-state index contributed by atoms with van der Waals surface area (Å²) in [6.07, 6.45) is 2.58. The van der Waals surface area contributed by atoms with Crippen molar-refractivity contribution >= 4 is 23.4 Å². The van der Waals surface area contributed by atoms with E-state index in [-0.39, 0.29) is 11.7 Å². The van der Waals surface area contributed by atoms with Gasteiger partial charge in [-0.15, -0.1) is 10.2 Å². The van der Waals surface area contributed by atoms with Gasteiger partial charge in [-0.05, 0) is 37.1 Å². The smallest absolute Gasteiger partial charge is 0.234 e. The van der Waals surface area contributed by atoms with Crippen molar-refractivity contribution in [1.82, 2.24) is 29.9 Å². The second kappa shape index (κ2) is 8.91. The van der Waals surface area contributed by atoms with Crippen molar-refractivity contribution in [3.63, 3.8) is 0 Å². The molecule has 1 amide bonds. The van der Waals surface area contributed by atoms with Gasteiger partial charge in [0.15, 0.2) is 11.0 Å². The highest BCUT2D eigenvalue weighted by atomic mass is 32.2. The monoisotopic (exact) mass is 419 g/mol. The minimum atomic E-state index is -0.123. The fraction of sp³-hybridized carbons (Fsp3) is 0.190. The zero-order valence-electron chi connectivity index (χ0n) is 16.7. The molecule has 0 aliphatic carbocycles. The van der Waals surface area contributed by atoms with Crippen LogP contribution >= 0.6 is 11.8 Å². The first-order valence-corrected chi connectivity index (χ1v) is 10.5. The van der Waals surface area contributed by atoms with Gasteiger partial charge in [0.1, 0.15) is 12.2 Å². The van der Waals surface area contributed by atoms with Gasteiger partial charge < -0.3 is 5.32 Å². The molecular formula is C21H21N7OS. The summed E-state index contributed by atoms with van der Waals surface area (Å²) in [6, 6.07) is 15.6. The highest BCUT2D eigenvalue weighted by Gasteiger charge is 2.13. The highest BCUT2D eigenvalue weighted by Crippen LogP contribution is 2.23. The number of H-pyrrole nitrogens is 1. The summed E-state index contributed by atoms with van der Waals surface area (Å²) in [7, 11) is 0. The van der Waals surface area contributed by atoms with Crippen LogP contribution in [-0.4, -0.2) is 41.6 Å². The standard InChI is InChI=1S/C21H21N7OS/c1-3-15-7-4-5-10-18(15)28-13-22-27-21(28)30-12-19(29)24-17-9-6-8-16(11-17)20-23-14(2)25-26-20/h4-11,13H,3,12H2,1-2H3,(H,24,29)(H,23,25,26). The predicted octanol–water partition coefficient (Wildman–Crippen LogP) is 3.65. The molecule has 30 heavy (non-hydrogen) atoms. The summed E-state index contributed by atoms with van der Waals surface area (Å²) in [5.41, 5.74) is 3.75. The molecule has 0 atom stereocenters. The lowest BCUT2D eigenvalue weighted by Crippen LogP contribution is -2.14. The maximum absolute atomic E-state index is 12.5. The van der Waals surface area contributed by atoms with E-state index in [2.05, 4.69) is 43.7 Å². The number of benzene rings is 2. The van der Waals surface area contributed by atoms with Crippen LogP contribution in [0.2, 0.25) is 0 Å². The number of aryl methyl sites for hydroxylation is 2. The molecule has 0 radical (unpaired) electrons. The van der Waals surface area contributed by atoms with Crippen LogP contribution in [0, 0.1) is 6.92 Å². The summed E-state index contributed by atoms with van der Waals surface area (Å²) in [5, 5.41) is 18.8. The van der Waals surface area contributed by atoms with Crippen molar-refractivity contribution < 1.29 is 4.79 Å². The van der Waals surface area contributed by atoms with Crippen molar-refractivity contribution in [2.75, 3.05) is 11.1 Å². The van der Waals surface area contributed by atoms with Crippen molar-refractivity contribution in [1.29, 1.82) is 0 Å². The largest absolute Gasteiger partial charge is 0.325 e. The fourth-order valence-electron chi connectivity index (χ4n) is 3.07. The molecule has 2 aromatic heterocycles. The van der Waals surface area contributed by atoms with Crippen LogP contribution in [0.4, 0.5) is 5.69 Å². The molecule has 4 rings (SSSR count). The second-order valence-electron chi connectivity index (χ2n) is 6.63. The van der Waals surface area contributed by atoms with Crippen molar-refractivity contribution in [3.05, 3.63) is 66.2 Å². The predicted molar refractivity (Wildman–Crippen MR) is 117 cm³/mol. The minimum absolute atomic E-state index is 0.123. The third kappa shape index (κ3) is 4.41. The zero-order chi connectivity index (χ0) is 20.9. The number of anilines is 1. The number of hydrogen-bond donors (Lipinski definition) is 2. The summed E-state index contributed by atoms with van der Waals surface area (Å²) >= 11 is 1.35. The maximum atomic E-state index is 12.5. The molecule has 0 unspecified atom stereocenters. The Balaban J connectivity index is 1.43. The second-order valence-corrected chi connectivity index (χ2v) is 7.57. The van der Waals surface area contributed by atoms with Gasteiger partial charge in [0.05, 0.1) is 11.4 Å². The number of para-hydroxylation sites is 1. The average Bonchev–Trinajstić information content (AvgIpc) is 3.41. The summed E-state index contributed by atoms with van der Waals surface area (Å²) in [4.78, 5) is 16.8. The Morgan fingerprint density at radius 1 is 1.20 bits per heavy atom. The van der Waals surface area contributed by atoms with Gasteiger partial charge in [-0.1, -0.05) is 49.0 Å². The molecule has 2 aromatic carbocycles. The van der Waals surface area contributed by atoms with E-state index in [1.807, 2.05) is 54.0 Å². The molecule has 0 spiro atoms. The molecule has 0 saturated carbocycles. The molecule has 2 heterocycles. The molecule has 4 aromatic rings. The van der Waals surface area contributed by atoms with Crippen LogP contribution in [0.3, 0.4) is 0 Å². The van der Waals surface area contributed by atoms with E-state index < -0.39 is 0 Å². The molecule has 152 valence electrons.